The number of benzene rings is 1. The number of carbonyl (C=O) groups is 2. The molecule has 0 radical (unpaired) electrons. The van der Waals surface area contributed by atoms with Crippen molar-refractivity contribution in [2.24, 2.45) is 0 Å². The summed E-state index contributed by atoms with van der Waals surface area (Å²) in [5.41, 5.74) is 1.21. The van der Waals surface area contributed by atoms with Crippen molar-refractivity contribution in [3.8, 4) is 6.07 Å². The van der Waals surface area contributed by atoms with Gasteiger partial charge in [0.2, 0.25) is 5.95 Å². The molecule has 162 valence electrons. The number of rotatable bonds is 2. The molecule has 31 heavy (non-hydrogen) atoms. The van der Waals surface area contributed by atoms with Gasteiger partial charge in [-0.1, -0.05) is 0 Å². The Bertz CT molecular complexity index is 976. The Morgan fingerprint density at radius 3 is 2.19 bits per heavy atom. The number of aliphatic carboxylic acids is 1. The van der Waals surface area contributed by atoms with Gasteiger partial charge in [0.05, 0.1) is 23.7 Å². The fraction of sp³-hybridized carbons (Fsp3) is 0.350. The summed E-state index contributed by atoms with van der Waals surface area (Å²) in [4.78, 5) is 34.6. The molecule has 0 unspecified atom stereocenters. The summed E-state index contributed by atoms with van der Waals surface area (Å²) in [5.74, 6) is -1.96. The predicted octanol–water partition coefficient (Wildman–Crippen LogP) is 2.47. The van der Waals surface area contributed by atoms with Crippen LogP contribution >= 0.6 is 0 Å². The lowest BCUT2D eigenvalue weighted by Gasteiger charge is -2.25. The number of aromatic nitrogens is 2. The summed E-state index contributed by atoms with van der Waals surface area (Å²) in [6.07, 6.45) is 0.296. The molecule has 0 bridgehead atoms. The highest BCUT2D eigenvalue weighted by atomic mass is 19.4. The van der Waals surface area contributed by atoms with Gasteiger partial charge in [0, 0.05) is 31.0 Å². The summed E-state index contributed by atoms with van der Waals surface area (Å²) in [6, 6.07) is 11.2. The Balaban J connectivity index is 0.000000339. The summed E-state index contributed by atoms with van der Waals surface area (Å²) >= 11 is 0. The molecule has 2 aromatic rings. The van der Waals surface area contributed by atoms with Crippen molar-refractivity contribution >= 4 is 17.8 Å². The van der Waals surface area contributed by atoms with Crippen molar-refractivity contribution in [1.29, 1.82) is 5.26 Å². The van der Waals surface area contributed by atoms with E-state index in [4.69, 9.17) is 15.2 Å². The second kappa shape index (κ2) is 8.99. The first-order valence-corrected chi connectivity index (χ1v) is 9.37. The second-order valence-corrected chi connectivity index (χ2v) is 6.94. The van der Waals surface area contributed by atoms with Gasteiger partial charge in [-0.05, 0) is 43.2 Å². The third kappa shape index (κ3) is 4.91. The Labute approximate surface area is 175 Å². The van der Waals surface area contributed by atoms with Crippen LogP contribution in [0.5, 0.6) is 0 Å². The molecule has 1 aromatic carbocycles. The molecule has 0 saturated carbocycles. The van der Waals surface area contributed by atoms with E-state index in [-0.39, 0.29) is 18.0 Å². The second-order valence-electron chi connectivity index (χ2n) is 6.94. The van der Waals surface area contributed by atoms with Gasteiger partial charge in [-0.3, -0.25) is 4.79 Å². The minimum absolute atomic E-state index is 0.0443. The summed E-state index contributed by atoms with van der Waals surface area (Å²) in [6.45, 7) is 1.62. The molecule has 1 aromatic heterocycles. The smallest absolute Gasteiger partial charge is 0.475 e. The third-order valence-corrected chi connectivity index (χ3v) is 5.15. The van der Waals surface area contributed by atoms with E-state index < -0.39 is 12.1 Å². The van der Waals surface area contributed by atoms with Crippen LogP contribution in [0.25, 0.3) is 0 Å². The van der Waals surface area contributed by atoms with Crippen molar-refractivity contribution < 1.29 is 27.9 Å². The van der Waals surface area contributed by atoms with E-state index in [0.717, 1.165) is 31.9 Å². The highest BCUT2D eigenvalue weighted by Crippen LogP contribution is 2.34. The first-order chi connectivity index (χ1) is 14.7. The number of carbonyl (C=O) groups excluding carboxylic acids is 1. The van der Waals surface area contributed by atoms with E-state index in [1.165, 1.54) is 0 Å². The molecule has 2 aliphatic heterocycles. The topological polar surface area (TPSA) is 110 Å². The number of hydrogen-bond donors (Lipinski definition) is 1. The molecule has 1 amide bonds. The van der Waals surface area contributed by atoms with Crippen molar-refractivity contribution in [2.45, 2.75) is 31.1 Å². The van der Waals surface area contributed by atoms with Gasteiger partial charge in [-0.2, -0.15) is 18.4 Å². The summed E-state index contributed by atoms with van der Waals surface area (Å²) in [7, 11) is 0. The normalized spacial score (nSPS) is 19.8. The van der Waals surface area contributed by atoms with Crippen LogP contribution in [0.3, 0.4) is 0 Å². The molecule has 8 nitrogen and oxygen atoms in total. The van der Waals surface area contributed by atoms with E-state index >= 15 is 0 Å². The number of carboxylic acid groups (broad SMARTS) is 1. The monoisotopic (exact) mass is 433 g/mol. The first-order valence-electron chi connectivity index (χ1n) is 9.37. The van der Waals surface area contributed by atoms with Gasteiger partial charge in [0.1, 0.15) is 0 Å². The number of carboxylic acids is 1. The maximum absolute atomic E-state index is 12.8. The number of alkyl halides is 3. The predicted molar refractivity (Wildman–Crippen MR) is 102 cm³/mol. The highest BCUT2D eigenvalue weighted by Gasteiger charge is 2.45. The van der Waals surface area contributed by atoms with Gasteiger partial charge in [0.15, 0.2) is 0 Å². The van der Waals surface area contributed by atoms with Crippen LogP contribution in [-0.4, -0.2) is 63.2 Å². The fourth-order valence-electron chi connectivity index (χ4n) is 3.78. The number of hydrogen-bond acceptors (Lipinski definition) is 6. The van der Waals surface area contributed by atoms with Crippen LogP contribution in [0.2, 0.25) is 0 Å². The average Bonchev–Trinajstić information content (AvgIpc) is 3.36. The van der Waals surface area contributed by atoms with Gasteiger partial charge < -0.3 is 14.9 Å². The van der Waals surface area contributed by atoms with Crippen LogP contribution in [0, 0.1) is 11.3 Å². The van der Waals surface area contributed by atoms with Crippen LogP contribution in [0.1, 0.15) is 28.8 Å². The molecule has 1 N–H and O–H groups in total. The SMILES string of the molecule is N#Cc1ccc(C(=O)N2CC[C@H]3[C@H]2CCN3c2ncccn2)cc1.O=C(O)C(F)(F)F. The van der Waals surface area contributed by atoms with Gasteiger partial charge in [-0.25, -0.2) is 14.8 Å². The zero-order chi connectivity index (χ0) is 22.6. The Morgan fingerprint density at radius 1 is 1.06 bits per heavy atom. The van der Waals surface area contributed by atoms with Gasteiger partial charge in [0.25, 0.3) is 5.91 Å². The molecule has 0 aliphatic carbocycles. The van der Waals surface area contributed by atoms with Crippen LogP contribution in [0.15, 0.2) is 42.7 Å². The molecule has 11 heteroatoms. The molecular formula is C20H18F3N5O3. The summed E-state index contributed by atoms with van der Waals surface area (Å²) < 4.78 is 31.7. The van der Waals surface area contributed by atoms with Gasteiger partial charge in [-0.15, -0.1) is 0 Å². The number of halogens is 3. The number of amides is 1. The van der Waals surface area contributed by atoms with E-state index in [2.05, 4.69) is 20.9 Å². The molecule has 4 rings (SSSR count). The maximum atomic E-state index is 12.8. The molecule has 0 spiro atoms. The van der Waals surface area contributed by atoms with E-state index in [1.54, 1.807) is 36.7 Å². The molecular weight excluding hydrogens is 415 g/mol. The number of fused-ring (bicyclic) bond motifs is 1. The molecule has 2 fully saturated rings. The van der Waals surface area contributed by atoms with Crippen LogP contribution in [0.4, 0.5) is 19.1 Å². The van der Waals surface area contributed by atoms with E-state index in [1.807, 2.05) is 11.0 Å². The first kappa shape index (κ1) is 22.0. The molecule has 2 aliphatic rings. The van der Waals surface area contributed by atoms with Crippen molar-refractivity contribution in [3.05, 3.63) is 53.9 Å². The zero-order valence-electron chi connectivity index (χ0n) is 16.2. The third-order valence-electron chi connectivity index (χ3n) is 5.15. The average molecular weight is 433 g/mol. The number of nitriles is 1. The lowest BCUT2D eigenvalue weighted by Crippen LogP contribution is -2.40. The Morgan fingerprint density at radius 2 is 1.65 bits per heavy atom. The van der Waals surface area contributed by atoms with Crippen molar-refractivity contribution in [2.75, 3.05) is 18.0 Å². The lowest BCUT2D eigenvalue weighted by molar-refractivity contribution is -0.192. The van der Waals surface area contributed by atoms with Crippen molar-refractivity contribution in [1.82, 2.24) is 14.9 Å². The minimum atomic E-state index is -5.08. The maximum Gasteiger partial charge on any atom is 0.490 e. The fourth-order valence-corrected chi connectivity index (χ4v) is 3.78. The Hall–Kier alpha value is -3.68. The quantitative estimate of drug-likeness (QED) is 0.775. The van der Waals surface area contributed by atoms with Crippen molar-refractivity contribution in [3.63, 3.8) is 0 Å². The standard InChI is InChI=1S/C18H17N5O.C2HF3O2/c19-12-13-2-4-14(5-3-13)17(24)22-10-6-16-15(22)7-11-23(16)18-20-8-1-9-21-18;3-2(4,5)1(6)7/h1-5,8-9,15-16H,6-7,10-11H2;(H,6,7)/t15-,16+;/m1./s1. The zero-order valence-corrected chi connectivity index (χ0v) is 16.2. The largest absolute Gasteiger partial charge is 0.490 e. The Kier molecular flexibility index (Phi) is 6.39. The van der Waals surface area contributed by atoms with E-state index in [9.17, 15) is 18.0 Å². The minimum Gasteiger partial charge on any atom is -0.475 e. The molecule has 3 heterocycles. The number of likely N-dealkylation sites (tertiary alicyclic amines) is 1. The highest BCUT2D eigenvalue weighted by molar-refractivity contribution is 5.95. The molecule has 2 saturated heterocycles. The van der Waals surface area contributed by atoms with Crippen LogP contribution < -0.4 is 4.90 Å². The summed E-state index contributed by atoms with van der Waals surface area (Å²) in [5, 5.41) is 16.0. The number of nitrogens with zero attached hydrogens (tertiary/aromatic N) is 5. The van der Waals surface area contributed by atoms with Crippen LogP contribution in [-0.2, 0) is 4.79 Å². The number of anilines is 1. The van der Waals surface area contributed by atoms with Gasteiger partial charge >= 0.3 is 12.1 Å². The lowest BCUT2D eigenvalue weighted by atomic mass is 10.1. The van der Waals surface area contributed by atoms with E-state index in [0.29, 0.717) is 11.1 Å². The molecule has 2 atom stereocenters.